The van der Waals surface area contributed by atoms with Gasteiger partial charge >= 0.3 is 0 Å². The summed E-state index contributed by atoms with van der Waals surface area (Å²) >= 11 is 0. The lowest BCUT2D eigenvalue weighted by Gasteiger charge is -2.11. The number of rotatable bonds is 7. The van der Waals surface area contributed by atoms with Gasteiger partial charge in [-0.05, 0) is 56.0 Å². The van der Waals surface area contributed by atoms with E-state index in [1.807, 2.05) is 18.3 Å². The Bertz CT molecular complexity index is 2860. The van der Waals surface area contributed by atoms with Gasteiger partial charge in [0.1, 0.15) is 0 Å². The highest BCUT2D eigenvalue weighted by atomic mass is 15.0. The number of hydrogen-bond donors (Lipinski definition) is 0. The van der Waals surface area contributed by atoms with Crippen molar-refractivity contribution in [3.63, 3.8) is 0 Å². The van der Waals surface area contributed by atoms with Crippen LogP contribution >= 0.6 is 0 Å². The Balaban J connectivity index is 0.960. The van der Waals surface area contributed by atoms with Gasteiger partial charge in [0.25, 0.3) is 0 Å². The molecule has 0 aliphatic heterocycles. The molecule has 0 unspecified atom stereocenters. The molecule has 0 spiro atoms. The molecule has 10 rings (SSSR count). The van der Waals surface area contributed by atoms with Gasteiger partial charge in [-0.3, -0.25) is 4.98 Å². The number of nitrogens with zero attached hydrogens (tertiary/aromatic N) is 4. The van der Waals surface area contributed by atoms with Crippen LogP contribution in [0, 0.1) is 0 Å². The van der Waals surface area contributed by atoms with Crippen LogP contribution in [0.5, 0.6) is 0 Å². The fourth-order valence-electron chi connectivity index (χ4n) is 7.35. The van der Waals surface area contributed by atoms with E-state index >= 15 is 0 Å². The van der Waals surface area contributed by atoms with Gasteiger partial charge in [-0.1, -0.05) is 194 Å². The Hall–Kier alpha value is -7.56. The second-order valence-corrected chi connectivity index (χ2v) is 13.9. The van der Waals surface area contributed by atoms with Crippen LogP contribution in [0.15, 0.2) is 206 Å². The molecule has 2 heterocycles. The van der Waals surface area contributed by atoms with Crippen LogP contribution in [0.1, 0.15) is 0 Å². The number of pyridine rings is 1. The maximum atomic E-state index is 5.03. The molecule has 2 aromatic heterocycles. The lowest BCUT2D eigenvalue weighted by Crippen LogP contribution is -2.00. The van der Waals surface area contributed by atoms with Crippen LogP contribution in [-0.4, -0.2) is 19.9 Å². The van der Waals surface area contributed by atoms with E-state index in [-0.39, 0.29) is 0 Å². The Kier molecular flexibility index (Phi) is 8.47. The van der Waals surface area contributed by atoms with Crippen molar-refractivity contribution < 1.29 is 0 Å². The van der Waals surface area contributed by atoms with Crippen molar-refractivity contribution >= 4 is 21.7 Å². The first-order valence-electron chi connectivity index (χ1n) is 18.8. The van der Waals surface area contributed by atoms with E-state index in [2.05, 4.69) is 188 Å². The Labute approximate surface area is 325 Å². The van der Waals surface area contributed by atoms with Crippen LogP contribution < -0.4 is 0 Å². The molecule has 0 aliphatic carbocycles. The molecule has 8 aromatic carbocycles. The van der Waals surface area contributed by atoms with Crippen molar-refractivity contribution in [3.05, 3.63) is 206 Å². The van der Waals surface area contributed by atoms with E-state index in [4.69, 9.17) is 19.9 Å². The lowest BCUT2D eigenvalue weighted by atomic mass is 9.98. The van der Waals surface area contributed by atoms with Gasteiger partial charge in [0.05, 0.1) is 5.52 Å². The van der Waals surface area contributed by atoms with Crippen molar-refractivity contribution in [2.75, 3.05) is 0 Å². The molecule has 0 N–H and O–H groups in total. The fourth-order valence-corrected chi connectivity index (χ4v) is 7.35. The quantitative estimate of drug-likeness (QED) is 0.154. The largest absolute Gasteiger partial charge is 0.256 e. The van der Waals surface area contributed by atoms with E-state index in [0.717, 1.165) is 61.0 Å². The van der Waals surface area contributed by atoms with E-state index < -0.39 is 0 Å². The summed E-state index contributed by atoms with van der Waals surface area (Å²) in [6.45, 7) is 0. The molecule has 0 saturated carbocycles. The molecule has 262 valence electrons. The summed E-state index contributed by atoms with van der Waals surface area (Å²) < 4.78 is 0. The molecule has 0 bridgehead atoms. The number of hydrogen-bond acceptors (Lipinski definition) is 4. The molecule has 4 nitrogen and oxygen atoms in total. The standard InChI is InChI=1S/C52H34N4/c1-3-9-35(10-4-1)37-19-25-42(26-20-37)50-54-51(43-27-21-38(22-28-43)36-11-5-2-6-12-36)56-52(55-50)44-29-23-40(24-30-44)39-15-17-41(18-16-39)45-31-32-48-47-14-8-7-13-46(47)34-53-49(48)33-45/h1-34H. The van der Waals surface area contributed by atoms with Gasteiger partial charge < -0.3 is 0 Å². The van der Waals surface area contributed by atoms with Gasteiger partial charge in [-0.25, -0.2) is 15.0 Å². The summed E-state index contributed by atoms with van der Waals surface area (Å²) in [6.07, 6.45) is 1.96. The minimum Gasteiger partial charge on any atom is -0.256 e. The van der Waals surface area contributed by atoms with Crippen molar-refractivity contribution in [1.82, 2.24) is 19.9 Å². The molecule has 10 aromatic rings. The molecule has 0 fully saturated rings. The summed E-state index contributed by atoms with van der Waals surface area (Å²) in [5.41, 5.74) is 13.0. The summed E-state index contributed by atoms with van der Waals surface area (Å²) in [5, 5.41) is 3.55. The molecular formula is C52H34N4. The number of aromatic nitrogens is 4. The SMILES string of the molecule is c1ccc(-c2ccc(-c3nc(-c4ccc(-c5ccccc5)cc4)nc(-c4ccc(-c5ccc(-c6ccc7c(c6)ncc6ccccc67)cc5)cc4)n3)cc2)cc1. The average molecular weight is 715 g/mol. The first-order chi connectivity index (χ1) is 27.7. The zero-order chi connectivity index (χ0) is 37.3. The third-order valence-electron chi connectivity index (χ3n) is 10.4. The van der Waals surface area contributed by atoms with Crippen molar-refractivity contribution in [3.8, 4) is 78.7 Å². The predicted octanol–water partition coefficient (Wildman–Crippen LogP) is 13.2. The van der Waals surface area contributed by atoms with Crippen LogP contribution in [0.25, 0.3) is 100 Å². The first kappa shape index (κ1) is 33.0. The third-order valence-corrected chi connectivity index (χ3v) is 10.4. The summed E-state index contributed by atoms with van der Waals surface area (Å²) in [4.78, 5) is 19.8. The lowest BCUT2D eigenvalue weighted by molar-refractivity contribution is 1.07. The summed E-state index contributed by atoms with van der Waals surface area (Å²) in [6, 6.07) is 69.8. The van der Waals surface area contributed by atoms with Crippen LogP contribution in [-0.2, 0) is 0 Å². The molecule has 0 aliphatic rings. The molecule has 0 saturated heterocycles. The molecule has 56 heavy (non-hydrogen) atoms. The van der Waals surface area contributed by atoms with Gasteiger partial charge in [0.2, 0.25) is 0 Å². The predicted molar refractivity (Wildman–Crippen MR) is 231 cm³/mol. The Morgan fingerprint density at radius 1 is 0.250 bits per heavy atom. The van der Waals surface area contributed by atoms with Gasteiger partial charge in [0.15, 0.2) is 17.5 Å². The third kappa shape index (κ3) is 6.50. The van der Waals surface area contributed by atoms with Gasteiger partial charge in [0, 0.05) is 33.7 Å². The molecule has 0 amide bonds. The maximum Gasteiger partial charge on any atom is 0.164 e. The average Bonchev–Trinajstić information content (AvgIpc) is 3.29. The monoisotopic (exact) mass is 714 g/mol. The van der Waals surface area contributed by atoms with E-state index in [1.54, 1.807) is 0 Å². The Morgan fingerprint density at radius 2 is 0.589 bits per heavy atom. The highest BCUT2D eigenvalue weighted by Crippen LogP contribution is 2.32. The molecule has 4 heteroatoms. The smallest absolute Gasteiger partial charge is 0.164 e. The van der Waals surface area contributed by atoms with E-state index in [1.165, 1.54) is 21.9 Å². The normalized spacial score (nSPS) is 11.2. The van der Waals surface area contributed by atoms with Crippen molar-refractivity contribution in [2.24, 2.45) is 0 Å². The van der Waals surface area contributed by atoms with Crippen LogP contribution in [0.2, 0.25) is 0 Å². The number of benzene rings is 8. The fraction of sp³-hybridized carbons (Fsp3) is 0. The highest BCUT2D eigenvalue weighted by molar-refractivity contribution is 6.06. The van der Waals surface area contributed by atoms with E-state index in [9.17, 15) is 0 Å². The first-order valence-corrected chi connectivity index (χ1v) is 18.8. The minimum absolute atomic E-state index is 0.629. The van der Waals surface area contributed by atoms with E-state index in [0.29, 0.717) is 17.5 Å². The number of fused-ring (bicyclic) bond motifs is 3. The topological polar surface area (TPSA) is 51.6 Å². The summed E-state index contributed by atoms with van der Waals surface area (Å²) in [7, 11) is 0. The zero-order valence-electron chi connectivity index (χ0n) is 30.4. The van der Waals surface area contributed by atoms with Gasteiger partial charge in [-0.2, -0.15) is 0 Å². The zero-order valence-corrected chi connectivity index (χ0v) is 30.4. The van der Waals surface area contributed by atoms with Crippen molar-refractivity contribution in [2.45, 2.75) is 0 Å². The second kappa shape index (κ2) is 14.3. The van der Waals surface area contributed by atoms with Gasteiger partial charge in [-0.15, -0.1) is 0 Å². The highest BCUT2D eigenvalue weighted by Gasteiger charge is 2.14. The summed E-state index contributed by atoms with van der Waals surface area (Å²) in [5.74, 6) is 1.89. The maximum absolute atomic E-state index is 5.03. The molecule has 0 radical (unpaired) electrons. The molecular weight excluding hydrogens is 681 g/mol. The van der Waals surface area contributed by atoms with Crippen LogP contribution in [0.4, 0.5) is 0 Å². The molecule has 0 atom stereocenters. The Morgan fingerprint density at radius 3 is 1.04 bits per heavy atom. The van der Waals surface area contributed by atoms with Crippen LogP contribution in [0.3, 0.4) is 0 Å². The second-order valence-electron chi connectivity index (χ2n) is 13.9. The minimum atomic E-state index is 0.629. The van der Waals surface area contributed by atoms with Crippen molar-refractivity contribution in [1.29, 1.82) is 0 Å².